The third kappa shape index (κ3) is 6.44. The van der Waals surface area contributed by atoms with E-state index in [0.717, 1.165) is 45.4 Å². The van der Waals surface area contributed by atoms with Gasteiger partial charge in [0.2, 0.25) is 5.91 Å². The molecule has 2 aliphatic rings. The Morgan fingerprint density at radius 1 is 1.19 bits per heavy atom. The molecule has 3 amide bonds. The molecule has 0 spiro atoms. The molecule has 0 aromatic rings. The number of carbonyl (C=O) groups is 2. The highest BCUT2D eigenvalue weighted by molar-refractivity contribution is 5.95. The Morgan fingerprint density at radius 2 is 1.90 bits per heavy atom. The number of nitrogens with zero attached hydrogens (tertiary/aromatic N) is 1. The van der Waals surface area contributed by atoms with Gasteiger partial charge in [-0.2, -0.15) is 0 Å². The molecule has 1 saturated heterocycles. The molecule has 0 unspecified atom stereocenters. The number of carbonyl (C=O) groups excluding carboxylic acids is 2. The van der Waals surface area contributed by atoms with Gasteiger partial charge in [0.05, 0.1) is 6.54 Å². The van der Waals surface area contributed by atoms with Gasteiger partial charge in [-0.1, -0.05) is 6.92 Å². The first-order valence-corrected chi connectivity index (χ1v) is 8.20. The van der Waals surface area contributed by atoms with Crippen molar-refractivity contribution < 1.29 is 9.59 Å². The summed E-state index contributed by atoms with van der Waals surface area (Å²) in [7, 11) is 0. The molecule has 0 bridgehead atoms. The zero-order valence-electron chi connectivity index (χ0n) is 13.0. The number of rotatable bonds is 7. The average molecular weight is 296 g/mol. The molecule has 1 aliphatic carbocycles. The van der Waals surface area contributed by atoms with Gasteiger partial charge in [-0.25, -0.2) is 4.79 Å². The van der Waals surface area contributed by atoms with Crippen molar-refractivity contribution in [3.8, 4) is 0 Å². The molecule has 0 radical (unpaired) electrons. The quantitative estimate of drug-likeness (QED) is 0.646. The van der Waals surface area contributed by atoms with Gasteiger partial charge in [0.1, 0.15) is 0 Å². The van der Waals surface area contributed by atoms with Crippen LogP contribution in [0.4, 0.5) is 4.79 Å². The minimum atomic E-state index is -0.346. The highest BCUT2D eigenvalue weighted by Gasteiger charge is 2.24. The fourth-order valence-electron chi connectivity index (χ4n) is 2.80. The van der Waals surface area contributed by atoms with Crippen LogP contribution in [-0.4, -0.2) is 55.6 Å². The zero-order chi connectivity index (χ0) is 15.1. The minimum absolute atomic E-state index is 0.199. The van der Waals surface area contributed by atoms with Gasteiger partial charge >= 0.3 is 6.03 Å². The zero-order valence-corrected chi connectivity index (χ0v) is 13.0. The topological polar surface area (TPSA) is 73.5 Å². The lowest BCUT2D eigenvalue weighted by Crippen LogP contribution is -2.46. The number of hydrogen-bond acceptors (Lipinski definition) is 4. The Labute approximate surface area is 127 Å². The second-order valence-corrected chi connectivity index (χ2v) is 6.22. The van der Waals surface area contributed by atoms with Crippen LogP contribution in [0.2, 0.25) is 0 Å². The third-order valence-corrected chi connectivity index (χ3v) is 4.05. The van der Waals surface area contributed by atoms with Crippen molar-refractivity contribution in [2.45, 2.75) is 45.1 Å². The van der Waals surface area contributed by atoms with Crippen LogP contribution in [0.1, 0.15) is 39.0 Å². The number of urea groups is 1. The molecule has 120 valence electrons. The summed E-state index contributed by atoms with van der Waals surface area (Å²) in [5.74, 6) is 0.460. The predicted octanol–water partition coefficient (Wildman–Crippen LogP) is 0.686. The Bertz CT molecular complexity index is 352. The second-order valence-electron chi connectivity index (χ2n) is 6.22. The molecule has 0 atom stereocenters. The van der Waals surface area contributed by atoms with Crippen LogP contribution in [0, 0.1) is 5.92 Å². The van der Waals surface area contributed by atoms with Gasteiger partial charge in [-0.3, -0.25) is 15.0 Å². The first-order chi connectivity index (χ1) is 10.2. The smallest absolute Gasteiger partial charge is 0.321 e. The van der Waals surface area contributed by atoms with E-state index in [1.165, 1.54) is 12.8 Å². The van der Waals surface area contributed by atoms with Gasteiger partial charge in [-0.05, 0) is 57.7 Å². The third-order valence-electron chi connectivity index (χ3n) is 4.05. The van der Waals surface area contributed by atoms with Gasteiger partial charge in [0.25, 0.3) is 0 Å². The lowest BCUT2D eigenvalue weighted by Gasteiger charge is -2.29. The number of hydrogen-bond donors (Lipinski definition) is 3. The number of piperidine rings is 1. The van der Waals surface area contributed by atoms with Crippen LogP contribution in [0.5, 0.6) is 0 Å². The first-order valence-electron chi connectivity index (χ1n) is 8.20. The van der Waals surface area contributed by atoms with Crippen molar-refractivity contribution in [1.82, 2.24) is 20.9 Å². The molecule has 6 nitrogen and oxygen atoms in total. The van der Waals surface area contributed by atoms with Crippen LogP contribution in [-0.2, 0) is 4.79 Å². The Morgan fingerprint density at radius 3 is 2.52 bits per heavy atom. The summed E-state index contributed by atoms with van der Waals surface area (Å²) < 4.78 is 0. The van der Waals surface area contributed by atoms with E-state index in [0.29, 0.717) is 12.5 Å². The molecule has 2 rings (SSSR count). The molecule has 2 fully saturated rings. The number of amides is 3. The molecule has 1 aliphatic heterocycles. The molecular weight excluding hydrogens is 268 g/mol. The molecule has 21 heavy (non-hydrogen) atoms. The largest absolute Gasteiger partial charge is 0.335 e. The van der Waals surface area contributed by atoms with Crippen LogP contribution in [0.3, 0.4) is 0 Å². The van der Waals surface area contributed by atoms with Crippen LogP contribution >= 0.6 is 0 Å². The van der Waals surface area contributed by atoms with Crippen molar-refractivity contribution >= 4 is 11.9 Å². The summed E-state index contributed by atoms with van der Waals surface area (Å²) in [6, 6.07) is -0.0694. The second kappa shape index (κ2) is 8.34. The highest BCUT2D eigenvalue weighted by Crippen LogP contribution is 2.18. The van der Waals surface area contributed by atoms with E-state index in [4.69, 9.17) is 0 Å². The van der Waals surface area contributed by atoms with Gasteiger partial charge < -0.3 is 10.6 Å². The van der Waals surface area contributed by atoms with E-state index < -0.39 is 0 Å². The van der Waals surface area contributed by atoms with Crippen molar-refractivity contribution in [1.29, 1.82) is 0 Å². The highest BCUT2D eigenvalue weighted by atomic mass is 16.2. The summed E-state index contributed by atoms with van der Waals surface area (Å²) in [4.78, 5) is 25.7. The summed E-state index contributed by atoms with van der Waals surface area (Å²) in [6.07, 6.45) is 5.42. The average Bonchev–Trinajstić information content (AvgIpc) is 3.23. The van der Waals surface area contributed by atoms with Crippen molar-refractivity contribution in [3.63, 3.8) is 0 Å². The van der Waals surface area contributed by atoms with E-state index in [-0.39, 0.29) is 18.0 Å². The predicted molar refractivity (Wildman–Crippen MR) is 82.0 cm³/mol. The normalized spacial score (nSPS) is 19.5. The summed E-state index contributed by atoms with van der Waals surface area (Å²) in [5, 5.41) is 8.57. The molecule has 6 heteroatoms. The fourth-order valence-corrected chi connectivity index (χ4v) is 2.80. The Kier molecular flexibility index (Phi) is 6.45. The van der Waals surface area contributed by atoms with Gasteiger partial charge in [-0.15, -0.1) is 0 Å². The summed E-state index contributed by atoms with van der Waals surface area (Å²) >= 11 is 0. The maximum atomic E-state index is 12.0. The van der Waals surface area contributed by atoms with Crippen LogP contribution in [0.25, 0.3) is 0 Å². The van der Waals surface area contributed by atoms with E-state index in [1.54, 1.807) is 0 Å². The lowest BCUT2D eigenvalue weighted by molar-refractivity contribution is -0.121. The van der Waals surface area contributed by atoms with Crippen molar-refractivity contribution in [2.24, 2.45) is 5.92 Å². The summed E-state index contributed by atoms with van der Waals surface area (Å²) in [6.45, 7) is 6.43. The van der Waals surface area contributed by atoms with Gasteiger partial charge in [0.15, 0.2) is 0 Å². The Hall–Kier alpha value is -1.14. The standard InChI is InChI=1S/C15H28N4O2/c1-2-9-19(10-12-5-7-16-8-6-12)11-14(20)18-15(21)17-13-3-4-13/h12-13,16H,2-11H2,1H3,(H2,17,18,20,21). The van der Waals surface area contributed by atoms with E-state index in [9.17, 15) is 9.59 Å². The van der Waals surface area contributed by atoms with E-state index in [1.807, 2.05) is 0 Å². The summed E-state index contributed by atoms with van der Waals surface area (Å²) in [5.41, 5.74) is 0. The maximum absolute atomic E-state index is 12.0. The molecular formula is C15H28N4O2. The number of imide groups is 1. The monoisotopic (exact) mass is 296 g/mol. The SMILES string of the molecule is CCCN(CC(=O)NC(=O)NC1CC1)CC1CCNCC1. The van der Waals surface area contributed by atoms with Crippen molar-refractivity contribution in [2.75, 3.05) is 32.7 Å². The number of nitrogens with one attached hydrogen (secondary N) is 3. The van der Waals surface area contributed by atoms with E-state index in [2.05, 4.69) is 27.8 Å². The minimum Gasteiger partial charge on any atom is -0.335 e. The van der Waals surface area contributed by atoms with E-state index >= 15 is 0 Å². The molecule has 0 aromatic heterocycles. The Balaban J connectivity index is 1.71. The first kappa shape index (κ1) is 16.2. The van der Waals surface area contributed by atoms with Crippen molar-refractivity contribution in [3.05, 3.63) is 0 Å². The van der Waals surface area contributed by atoms with Crippen LogP contribution in [0.15, 0.2) is 0 Å². The fraction of sp³-hybridized carbons (Fsp3) is 0.867. The van der Waals surface area contributed by atoms with Gasteiger partial charge in [0, 0.05) is 12.6 Å². The molecule has 0 aromatic carbocycles. The molecule has 1 saturated carbocycles. The maximum Gasteiger partial charge on any atom is 0.321 e. The lowest BCUT2D eigenvalue weighted by atomic mass is 9.97. The molecule has 3 N–H and O–H groups in total. The molecule has 1 heterocycles. The van der Waals surface area contributed by atoms with Crippen LogP contribution < -0.4 is 16.0 Å².